The highest BCUT2D eigenvalue weighted by Gasteiger charge is 2.50. The Labute approximate surface area is 195 Å². The summed E-state index contributed by atoms with van der Waals surface area (Å²) in [6, 6.07) is 19.3. The third-order valence-corrected chi connectivity index (χ3v) is 6.53. The topological polar surface area (TPSA) is 118 Å². The number of furan rings is 1. The summed E-state index contributed by atoms with van der Waals surface area (Å²) in [5.41, 5.74) is 3.73. The molecule has 0 aliphatic heterocycles. The molecular formula is C26H24N2O6. The van der Waals surface area contributed by atoms with Gasteiger partial charge in [0, 0.05) is 12.5 Å². The molecule has 2 aliphatic rings. The number of amides is 2. The van der Waals surface area contributed by atoms with Gasteiger partial charge in [-0.15, -0.1) is 0 Å². The fraction of sp³-hybridized carbons (Fsp3) is 0.269. The van der Waals surface area contributed by atoms with Gasteiger partial charge in [0.05, 0.1) is 12.0 Å². The number of hydrogen-bond acceptors (Lipinski definition) is 5. The molecule has 1 aromatic heterocycles. The zero-order valence-corrected chi connectivity index (χ0v) is 18.4. The molecule has 3 N–H and O–H groups in total. The molecule has 0 saturated heterocycles. The lowest BCUT2D eigenvalue weighted by atomic mass is 9.98. The Hall–Kier alpha value is -4.07. The van der Waals surface area contributed by atoms with E-state index in [1.165, 1.54) is 6.07 Å². The number of ether oxygens (including phenoxy) is 1. The lowest BCUT2D eigenvalue weighted by molar-refractivity contribution is -0.143. The fourth-order valence-corrected chi connectivity index (χ4v) is 4.36. The van der Waals surface area contributed by atoms with E-state index in [1.807, 2.05) is 24.3 Å². The maximum Gasteiger partial charge on any atom is 0.407 e. The molecule has 2 amide bonds. The summed E-state index contributed by atoms with van der Waals surface area (Å²) in [5, 5.41) is 14.4. The Bertz CT molecular complexity index is 1210. The third-order valence-electron chi connectivity index (χ3n) is 6.53. The van der Waals surface area contributed by atoms with Gasteiger partial charge in [0.2, 0.25) is 0 Å². The van der Waals surface area contributed by atoms with Crippen molar-refractivity contribution in [1.29, 1.82) is 0 Å². The Morgan fingerprint density at radius 1 is 0.941 bits per heavy atom. The number of carboxylic acid groups (broad SMARTS) is 1. The van der Waals surface area contributed by atoms with Gasteiger partial charge in [0.25, 0.3) is 5.91 Å². The molecule has 1 fully saturated rings. The average molecular weight is 460 g/mol. The second-order valence-electron chi connectivity index (χ2n) is 8.71. The molecule has 34 heavy (non-hydrogen) atoms. The van der Waals surface area contributed by atoms with Gasteiger partial charge in [-0.05, 0) is 47.2 Å². The van der Waals surface area contributed by atoms with Crippen LogP contribution in [0.3, 0.4) is 0 Å². The van der Waals surface area contributed by atoms with Crippen molar-refractivity contribution >= 4 is 18.0 Å². The van der Waals surface area contributed by atoms with Crippen molar-refractivity contribution in [2.45, 2.75) is 25.3 Å². The molecule has 0 spiro atoms. The summed E-state index contributed by atoms with van der Waals surface area (Å²) >= 11 is 0. The standard InChI is InChI=1S/C26H24N2O6/c29-23(28-15-26(11-12-26)24(30)31)22-10-9-16(34-22)13-27-25(32)33-14-21-19-7-3-1-5-17(19)18-6-2-4-8-20(18)21/h1-10,21H,11-15H2,(H,27,32)(H,28,29)(H,30,31). The van der Waals surface area contributed by atoms with Crippen molar-refractivity contribution < 1.29 is 28.6 Å². The van der Waals surface area contributed by atoms with Crippen LogP contribution in [0.25, 0.3) is 11.1 Å². The normalized spacial score (nSPS) is 15.2. The van der Waals surface area contributed by atoms with Crippen LogP contribution in [-0.2, 0) is 16.1 Å². The van der Waals surface area contributed by atoms with E-state index in [0.717, 1.165) is 22.3 Å². The maximum absolute atomic E-state index is 12.3. The summed E-state index contributed by atoms with van der Waals surface area (Å²) < 4.78 is 11.0. The summed E-state index contributed by atoms with van der Waals surface area (Å²) in [4.78, 5) is 35.8. The molecule has 8 heteroatoms. The van der Waals surface area contributed by atoms with Gasteiger partial charge in [0.1, 0.15) is 12.4 Å². The first kappa shape index (κ1) is 21.8. The van der Waals surface area contributed by atoms with E-state index < -0.39 is 23.4 Å². The fourth-order valence-electron chi connectivity index (χ4n) is 4.36. The molecule has 174 valence electrons. The van der Waals surface area contributed by atoms with Crippen LogP contribution in [-0.4, -0.2) is 36.2 Å². The van der Waals surface area contributed by atoms with E-state index in [2.05, 4.69) is 34.9 Å². The zero-order chi connectivity index (χ0) is 23.7. The van der Waals surface area contributed by atoms with Crippen LogP contribution in [0.5, 0.6) is 0 Å². The lowest BCUT2D eigenvalue weighted by Gasteiger charge is -2.14. The van der Waals surface area contributed by atoms with Gasteiger partial charge < -0.3 is 24.9 Å². The van der Waals surface area contributed by atoms with Gasteiger partial charge in [-0.25, -0.2) is 4.79 Å². The molecule has 3 aromatic rings. The third kappa shape index (κ3) is 4.14. The van der Waals surface area contributed by atoms with Crippen LogP contribution < -0.4 is 10.6 Å². The monoisotopic (exact) mass is 460 g/mol. The zero-order valence-electron chi connectivity index (χ0n) is 18.4. The first-order valence-electron chi connectivity index (χ1n) is 11.2. The number of fused-ring (bicyclic) bond motifs is 3. The van der Waals surface area contributed by atoms with E-state index in [1.54, 1.807) is 6.07 Å². The largest absolute Gasteiger partial charge is 0.481 e. The molecular weight excluding hydrogens is 436 g/mol. The number of carbonyl (C=O) groups is 3. The molecule has 0 unspecified atom stereocenters. The number of benzene rings is 2. The van der Waals surface area contributed by atoms with Crippen molar-refractivity contribution in [2.24, 2.45) is 5.41 Å². The van der Waals surface area contributed by atoms with E-state index >= 15 is 0 Å². The van der Waals surface area contributed by atoms with Crippen molar-refractivity contribution in [3.63, 3.8) is 0 Å². The highest BCUT2D eigenvalue weighted by molar-refractivity contribution is 5.92. The first-order valence-corrected chi connectivity index (χ1v) is 11.2. The molecule has 2 aromatic carbocycles. The molecule has 1 saturated carbocycles. The van der Waals surface area contributed by atoms with Crippen LogP contribution in [0.2, 0.25) is 0 Å². The van der Waals surface area contributed by atoms with Crippen LogP contribution >= 0.6 is 0 Å². The van der Waals surface area contributed by atoms with Gasteiger partial charge in [-0.3, -0.25) is 9.59 Å². The Morgan fingerprint density at radius 3 is 2.21 bits per heavy atom. The highest BCUT2D eigenvalue weighted by atomic mass is 16.5. The van der Waals surface area contributed by atoms with E-state index in [-0.39, 0.29) is 31.4 Å². The van der Waals surface area contributed by atoms with Crippen molar-refractivity contribution in [1.82, 2.24) is 10.6 Å². The van der Waals surface area contributed by atoms with Gasteiger partial charge >= 0.3 is 12.1 Å². The van der Waals surface area contributed by atoms with Crippen molar-refractivity contribution in [2.75, 3.05) is 13.2 Å². The van der Waals surface area contributed by atoms with E-state index in [0.29, 0.717) is 18.6 Å². The molecule has 0 atom stereocenters. The average Bonchev–Trinajstić information content (AvgIpc) is 3.39. The predicted molar refractivity (Wildman–Crippen MR) is 122 cm³/mol. The maximum atomic E-state index is 12.3. The Morgan fingerprint density at radius 2 is 1.59 bits per heavy atom. The smallest absolute Gasteiger partial charge is 0.407 e. The van der Waals surface area contributed by atoms with Gasteiger partial charge in [0.15, 0.2) is 5.76 Å². The van der Waals surface area contributed by atoms with Crippen LogP contribution in [0, 0.1) is 5.41 Å². The number of rotatable bonds is 8. The first-order chi connectivity index (χ1) is 16.5. The summed E-state index contributed by atoms with van der Waals surface area (Å²) in [7, 11) is 0. The summed E-state index contributed by atoms with van der Waals surface area (Å²) in [5.74, 6) is -0.971. The minimum absolute atomic E-state index is 0.0300. The number of carboxylic acids is 1. The van der Waals surface area contributed by atoms with Crippen molar-refractivity contribution in [3.8, 4) is 11.1 Å². The van der Waals surface area contributed by atoms with Gasteiger partial charge in [-0.1, -0.05) is 48.5 Å². The second-order valence-corrected chi connectivity index (χ2v) is 8.71. The minimum atomic E-state index is -0.903. The molecule has 1 heterocycles. The molecule has 0 radical (unpaired) electrons. The van der Waals surface area contributed by atoms with E-state index in [9.17, 15) is 19.5 Å². The lowest BCUT2D eigenvalue weighted by Crippen LogP contribution is -2.34. The number of hydrogen-bond donors (Lipinski definition) is 3. The quantitative estimate of drug-likeness (QED) is 0.469. The molecule has 2 aliphatic carbocycles. The van der Waals surface area contributed by atoms with Crippen LogP contribution in [0.15, 0.2) is 65.1 Å². The summed E-state index contributed by atoms with van der Waals surface area (Å²) in [6.07, 6.45) is 0.521. The number of carbonyl (C=O) groups excluding carboxylic acids is 2. The number of alkyl carbamates (subject to hydrolysis) is 1. The molecule has 8 nitrogen and oxygen atoms in total. The molecule has 0 bridgehead atoms. The molecule has 5 rings (SSSR count). The summed E-state index contributed by atoms with van der Waals surface area (Å²) in [6.45, 7) is 0.329. The van der Waals surface area contributed by atoms with Crippen LogP contribution in [0.4, 0.5) is 4.79 Å². The highest BCUT2D eigenvalue weighted by Crippen LogP contribution is 2.45. The second kappa shape index (κ2) is 8.70. The van der Waals surface area contributed by atoms with Gasteiger partial charge in [-0.2, -0.15) is 0 Å². The Balaban J connectivity index is 1.13. The van der Waals surface area contributed by atoms with Crippen molar-refractivity contribution in [3.05, 3.63) is 83.3 Å². The van der Waals surface area contributed by atoms with E-state index in [4.69, 9.17) is 9.15 Å². The number of nitrogens with one attached hydrogen (secondary N) is 2. The minimum Gasteiger partial charge on any atom is -0.481 e. The van der Waals surface area contributed by atoms with Crippen LogP contribution in [0.1, 0.15) is 46.2 Å². The number of aliphatic carboxylic acids is 1. The Kier molecular flexibility index (Phi) is 5.57. The SMILES string of the molecule is O=C(NCc1ccc(C(=O)NCC2(C(=O)O)CC2)o1)OCC1c2ccccc2-c2ccccc21. The predicted octanol–water partition coefficient (Wildman–Crippen LogP) is 3.91.